The molecule has 6 nitrogen and oxygen atoms in total. The molecule has 144 valence electrons. The number of anilines is 1. The molecule has 0 saturated heterocycles. The van der Waals surface area contributed by atoms with Crippen molar-refractivity contribution in [3.8, 4) is 5.75 Å². The van der Waals surface area contributed by atoms with Gasteiger partial charge in [-0.15, -0.1) is 0 Å². The van der Waals surface area contributed by atoms with Crippen molar-refractivity contribution in [2.24, 2.45) is 0 Å². The summed E-state index contributed by atoms with van der Waals surface area (Å²) >= 11 is 6.06. The first-order valence-corrected chi connectivity index (χ1v) is 9.04. The summed E-state index contributed by atoms with van der Waals surface area (Å²) in [6.07, 6.45) is 0.731. The van der Waals surface area contributed by atoms with Gasteiger partial charge in [-0.25, -0.2) is 0 Å². The fourth-order valence-electron chi connectivity index (χ4n) is 2.48. The number of carbonyl (C=O) groups excluding carboxylic acids is 2. The number of rotatable bonds is 7. The van der Waals surface area contributed by atoms with Crippen LogP contribution in [0.3, 0.4) is 0 Å². The zero-order valence-corrected chi connectivity index (χ0v) is 15.9. The van der Waals surface area contributed by atoms with E-state index in [1.54, 1.807) is 67.6 Å². The fourth-order valence-corrected chi connectivity index (χ4v) is 2.66. The van der Waals surface area contributed by atoms with Gasteiger partial charge in [0, 0.05) is 0 Å². The maximum atomic E-state index is 12.5. The number of hydrogen-bond acceptors (Lipinski definition) is 4. The van der Waals surface area contributed by atoms with E-state index in [1.807, 2.05) is 0 Å². The number of amides is 2. The van der Waals surface area contributed by atoms with E-state index in [-0.39, 0.29) is 12.5 Å². The predicted octanol–water partition coefficient (Wildman–Crippen LogP) is 4.27. The first kappa shape index (κ1) is 19.5. The lowest BCUT2D eigenvalue weighted by molar-refractivity contribution is -0.122. The molecule has 0 fully saturated rings. The Morgan fingerprint density at radius 2 is 1.82 bits per heavy atom. The van der Waals surface area contributed by atoms with Gasteiger partial charge in [0.25, 0.3) is 11.8 Å². The lowest BCUT2D eigenvalue weighted by Gasteiger charge is -2.17. The summed E-state index contributed by atoms with van der Waals surface area (Å²) in [5, 5.41) is 5.91. The molecule has 0 aliphatic rings. The Morgan fingerprint density at radius 1 is 1.07 bits per heavy atom. The summed E-state index contributed by atoms with van der Waals surface area (Å²) in [5.41, 5.74) is 0.728. The van der Waals surface area contributed by atoms with Gasteiger partial charge >= 0.3 is 0 Å². The van der Waals surface area contributed by atoms with Crippen LogP contribution in [-0.4, -0.2) is 17.9 Å². The van der Waals surface area contributed by atoms with Gasteiger partial charge in [-0.05, 0) is 43.3 Å². The fraction of sp³-hybridized carbons (Fsp3) is 0.143. The highest BCUT2D eigenvalue weighted by molar-refractivity contribution is 6.32. The predicted molar refractivity (Wildman–Crippen MR) is 106 cm³/mol. The van der Waals surface area contributed by atoms with Crippen LogP contribution in [0.2, 0.25) is 5.02 Å². The minimum Gasteiger partial charge on any atom is -0.479 e. The van der Waals surface area contributed by atoms with Crippen molar-refractivity contribution in [2.45, 2.75) is 19.6 Å². The van der Waals surface area contributed by atoms with Crippen LogP contribution in [0.15, 0.2) is 71.3 Å². The summed E-state index contributed by atoms with van der Waals surface area (Å²) in [4.78, 5) is 25.0. The summed E-state index contributed by atoms with van der Waals surface area (Å²) in [7, 11) is 0. The molecule has 2 amide bonds. The van der Waals surface area contributed by atoms with Gasteiger partial charge < -0.3 is 19.8 Å². The molecule has 3 aromatic rings. The average molecular weight is 399 g/mol. The standard InChI is InChI=1S/C21H19ClN2O4/c1-14(28-19-11-5-3-9-17(19)22)20(25)24-18-10-4-2-8-16(18)21(26)23-13-15-7-6-12-27-15/h2-12,14H,13H2,1H3,(H,23,26)(H,24,25)/t14-/m0/s1. The summed E-state index contributed by atoms with van der Waals surface area (Å²) in [6, 6.07) is 17.2. The van der Waals surface area contributed by atoms with E-state index in [1.165, 1.54) is 6.26 Å². The minimum absolute atomic E-state index is 0.250. The van der Waals surface area contributed by atoms with Crippen molar-refractivity contribution in [2.75, 3.05) is 5.32 Å². The lowest BCUT2D eigenvalue weighted by Crippen LogP contribution is -2.31. The van der Waals surface area contributed by atoms with Gasteiger partial charge in [-0.1, -0.05) is 35.9 Å². The summed E-state index contributed by atoms with van der Waals surface area (Å²) < 4.78 is 10.8. The molecule has 7 heteroatoms. The Morgan fingerprint density at radius 3 is 2.57 bits per heavy atom. The molecule has 2 aromatic carbocycles. The number of halogens is 1. The van der Waals surface area contributed by atoms with E-state index < -0.39 is 12.0 Å². The zero-order valence-electron chi connectivity index (χ0n) is 15.1. The van der Waals surface area contributed by atoms with Crippen LogP contribution in [0, 0.1) is 0 Å². The number of benzene rings is 2. The van der Waals surface area contributed by atoms with Crippen LogP contribution in [0.4, 0.5) is 5.69 Å². The van der Waals surface area contributed by atoms with Crippen molar-refractivity contribution in [3.63, 3.8) is 0 Å². The Labute approximate surface area is 167 Å². The van der Waals surface area contributed by atoms with Crippen LogP contribution in [0.1, 0.15) is 23.0 Å². The molecule has 28 heavy (non-hydrogen) atoms. The third kappa shape index (κ3) is 4.92. The Hall–Kier alpha value is -3.25. The second-order valence-corrected chi connectivity index (χ2v) is 6.39. The van der Waals surface area contributed by atoms with Crippen LogP contribution in [0.25, 0.3) is 0 Å². The van der Waals surface area contributed by atoms with E-state index >= 15 is 0 Å². The maximum Gasteiger partial charge on any atom is 0.265 e. The molecule has 1 heterocycles. The SMILES string of the molecule is C[C@H](Oc1ccccc1Cl)C(=O)Nc1ccccc1C(=O)NCc1ccco1. The van der Waals surface area contributed by atoms with Gasteiger partial charge in [-0.3, -0.25) is 9.59 Å². The highest BCUT2D eigenvalue weighted by Gasteiger charge is 2.19. The normalized spacial score (nSPS) is 11.5. The van der Waals surface area contributed by atoms with Crippen molar-refractivity contribution >= 4 is 29.1 Å². The first-order valence-electron chi connectivity index (χ1n) is 8.66. The smallest absolute Gasteiger partial charge is 0.265 e. The highest BCUT2D eigenvalue weighted by Crippen LogP contribution is 2.24. The minimum atomic E-state index is -0.806. The molecule has 2 N–H and O–H groups in total. The van der Waals surface area contributed by atoms with Crippen molar-refractivity contribution in [1.82, 2.24) is 5.32 Å². The number of furan rings is 1. The molecule has 1 atom stereocenters. The van der Waals surface area contributed by atoms with Crippen molar-refractivity contribution < 1.29 is 18.7 Å². The summed E-state index contributed by atoms with van der Waals surface area (Å²) in [5.74, 6) is 0.325. The number of nitrogens with one attached hydrogen (secondary N) is 2. The van der Waals surface area contributed by atoms with Gasteiger partial charge in [-0.2, -0.15) is 0 Å². The lowest BCUT2D eigenvalue weighted by atomic mass is 10.1. The van der Waals surface area contributed by atoms with E-state index in [4.69, 9.17) is 20.8 Å². The zero-order chi connectivity index (χ0) is 19.9. The molecular weight excluding hydrogens is 380 g/mol. The topological polar surface area (TPSA) is 80.6 Å². The van der Waals surface area contributed by atoms with Gasteiger partial charge in [0.2, 0.25) is 0 Å². The summed E-state index contributed by atoms with van der Waals surface area (Å²) in [6.45, 7) is 1.86. The Kier molecular flexibility index (Phi) is 6.34. The monoisotopic (exact) mass is 398 g/mol. The van der Waals surface area contributed by atoms with E-state index in [2.05, 4.69) is 10.6 Å². The molecule has 0 radical (unpaired) electrons. The molecule has 3 rings (SSSR count). The molecule has 0 bridgehead atoms. The number of ether oxygens (including phenoxy) is 1. The van der Waals surface area contributed by atoms with Crippen molar-refractivity contribution in [3.05, 3.63) is 83.3 Å². The average Bonchev–Trinajstić information content (AvgIpc) is 3.22. The highest BCUT2D eigenvalue weighted by atomic mass is 35.5. The van der Waals surface area contributed by atoms with Crippen LogP contribution < -0.4 is 15.4 Å². The first-order chi connectivity index (χ1) is 13.5. The second-order valence-electron chi connectivity index (χ2n) is 5.99. The van der Waals surface area contributed by atoms with Gasteiger partial charge in [0.05, 0.1) is 29.1 Å². The van der Waals surface area contributed by atoms with E-state index in [0.29, 0.717) is 27.8 Å². The van der Waals surface area contributed by atoms with Crippen LogP contribution in [0.5, 0.6) is 5.75 Å². The molecule has 1 aromatic heterocycles. The van der Waals surface area contributed by atoms with E-state index in [9.17, 15) is 9.59 Å². The molecule has 0 unspecified atom stereocenters. The molecule has 0 spiro atoms. The van der Waals surface area contributed by atoms with E-state index in [0.717, 1.165) is 0 Å². The quantitative estimate of drug-likeness (QED) is 0.622. The number of carbonyl (C=O) groups is 2. The van der Waals surface area contributed by atoms with Crippen LogP contribution in [-0.2, 0) is 11.3 Å². The Bertz CT molecular complexity index is 957. The molecular formula is C21H19ClN2O4. The molecule has 0 aliphatic heterocycles. The second kappa shape index (κ2) is 9.10. The van der Waals surface area contributed by atoms with Gasteiger partial charge in [0.15, 0.2) is 6.10 Å². The Balaban J connectivity index is 1.65. The van der Waals surface area contributed by atoms with Crippen LogP contribution >= 0.6 is 11.6 Å². The number of hydrogen-bond donors (Lipinski definition) is 2. The third-order valence-corrected chi connectivity index (χ3v) is 4.25. The third-order valence-electron chi connectivity index (χ3n) is 3.94. The maximum absolute atomic E-state index is 12.5. The van der Waals surface area contributed by atoms with Gasteiger partial charge in [0.1, 0.15) is 11.5 Å². The van der Waals surface area contributed by atoms with Crippen molar-refractivity contribution in [1.29, 1.82) is 0 Å². The molecule has 0 aliphatic carbocycles. The molecule has 0 saturated carbocycles. The largest absolute Gasteiger partial charge is 0.479 e. The number of para-hydroxylation sites is 2.